The summed E-state index contributed by atoms with van der Waals surface area (Å²) in [6, 6.07) is 7.10. The monoisotopic (exact) mass is 263 g/mol. The Morgan fingerprint density at radius 3 is 2.89 bits per heavy atom. The first kappa shape index (κ1) is 13.7. The third kappa shape index (κ3) is 4.13. The van der Waals surface area contributed by atoms with Crippen LogP contribution in [0.1, 0.15) is 12.8 Å². The average Bonchev–Trinajstić information content (AvgIpc) is 2.40. The van der Waals surface area contributed by atoms with Crippen LogP contribution in [0.15, 0.2) is 24.3 Å². The van der Waals surface area contributed by atoms with Crippen molar-refractivity contribution in [3.05, 3.63) is 24.3 Å². The first-order valence-corrected chi connectivity index (χ1v) is 6.60. The van der Waals surface area contributed by atoms with E-state index in [4.69, 9.17) is 10.5 Å². The van der Waals surface area contributed by atoms with Crippen molar-refractivity contribution in [2.45, 2.75) is 12.8 Å². The molecule has 0 bridgehead atoms. The summed E-state index contributed by atoms with van der Waals surface area (Å²) in [6.45, 7) is 2.36. The van der Waals surface area contributed by atoms with Gasteiger partial charge in [0.1, 0.15) is 0 Å². The van der Waals surface area contributed by atoms with Gasteiger partial charge in [0.2, 0.25) is 0 Å². The second kappa shape index (κ2) is 6.43. The molecule has 0 unspecified atom stereocenters. The molecule has 104 valence electrons. The molecule has 1 fully saturated rings. The zero-order valence-electron chi connectivity index (χ0n) is 11.3. The lowest BCUT2D eigenvalue weighted by atomic mass is 10.00. The first-order chi connectivity index (χ1) is 9.15. The van der Waals surface area contributed by atoms with E-state index in [2.05, 4.69) is 5.32 Å². The Kier molecular flexibility index (Phi) is 4.63. The Labute approximate surface area is 113 Å². The van der Waals surface area contributed by atoms with Crippen molar-refractivity contribution in [3.63, 3.8) is 0 Å². The molecule has 5 heteroatoms. The average molecular weight is 263 g/mol. The smallest absolute Gasteiger partial charge is 0.321 e. The molecule has 1 aliphatic rings. The molecule has 1 aliphatic heterocycles. The van der Waals surface area contributed by atoms with Crippen LogP contribution in [0.5, 0.6) is 0 Å². The molecule has 19 heavy (non-hydrogen) atoms. The van der Waals surface area contributed by atoms with Crippen LogP contribution in [0.25, 0.3) is 0 Å². The highest BCUT2D eigenvalue weighted by molar-refractivity contribution is 5.89. The Morgan fingerprint density at radius 1 is 1.47 bits per heavy atom. The number of hydrogen-bond donors (Lipinski definition) is 2. The second-order valence-corrected chi connectivity index (χ2v) is 4.99. The van der Waals surface area contributed by atoms with E-state index in [0.29, 0.717) is 11.6 Å². The van der Waals surface area contributed by atoms with Gasteiger partial charge in [-0.1, -0.05) is 6.07 Å². The lowest BCUT2D eigenvalue weighted by Gasteiger charge is -2.27. The molecule has 1 aromatic carbocycles. The number of nitrogens with two attached hydrogens (primary N) is 1. The number of amides is 2. The van der Waals surface area contributed by atoms with E-state index in [1.807, 2.05) is 19.2 Å². The molecule has 5 nitrogen and oxygen atoms in total. The predicted molar refractivity (Wildman–Crippen MR) is 76.0 cm³/mol. The van der Waals surface area contributed by atoms with Gasteiger partial charge in [-0.15, -0.1) is 0 Å². The number of carbonyl (C=O) groups is 1. The zero-order chi connectivity index (χ0) is 13.7. The summed E-state index contributed by atoms with van der Waals surface area (Å²) in [5, 5.41) is 2.85. The highest BCUT2D eigenvalue weighted by Gasteiger charge is 2.18. The van der Waals surface area contributed by atoms with Gasteiger partial charge in [0.05, 0.1) is 0 Å². The van der Waals surface area contributed by atoms with Crippen molar-refractivity contribution >= 4 is 17.4 Å². The molecule has 0 radical (unpaired) electrons. The summed E-state index contributed by atoms with van der Waals surface area (Å²) >= 11 is 0. The van der Waals surface area contributed by atoms with Crippen LogP contribution in [0, 0.1) is 5.92 Å². The molecule has 1 heterocycles. The Balaban J connectivity index is 1.84. The molecular formula is C14H21N3O2. The number of nitrogens with one attached hydrogen (secondary N) is 1. The van der Waals surface area contributed by atoms with E-state index in [1.54, 1.807) is 17.0 Å². The zero-order valence-corrected chi connectivity index (χ0v) is 11.3. The van der Waals surface area contributed by atoms with Gasteiger partial charge in [-0.3, -0.25) is 0 Å². The molecule has 0 spiro atoms. The second-order valence-electron chi connectivity index (χ2n) is 4.99. The lowest BCUT2D eigenvalue weighted by molar-refractivity contribution is 0.0592. The minimum Gasteiger partial charge on any atom is -0.399 e. The fraction of sp³-hybridized carbons (Fsp3) is 0.500. The Bertz CT molecular complexity index is 430. The van der Waals surface area contributed by atoms with Gasteiger partial charge in [0, 0.05) is 38.2 Å². The van der Waals surface area contributed by atoms with Gasteiger partial charge < -0.3 is 20.7 Å². The number of nitrogens with zero attached hydrogens (tertiary/aromatic N) is 1. The van der Waals surface area contributed by atoms with Crippen LogP contribution >= 0.6 is 0 Å². The maximum atomic E-state index is 12.0. The van der Waals surface area contributed by atoms with E-state index in [0.717, 1.165) is 38.3 Å². The van der Waals surface area contributed by atoms with E-state index in [-0.39, 0.29) is 6.03 Å². The van der Waals surface area contributed by atoms with E-state index >= 15 is 0 Å². The maximum Gasteiger partial charge on any atom is 0.321 e. The van der Waals surface area contributed by atoms with Crippen LogP contribution < -0.4 is 11.1 Å². The first-order valence-electron chi connectivity index (χ1n) is 6.60. The molecule has 0 atom stereocenters. The van der Waals surface area contributed by atoms with Crippen LogP contribution in [-0.2, 0) is 4.74 Å². The highest BCUT2D eigenvalue weighted by atomic mass is 16.5. The van der Waals surface area contributed by atoms with Crippen LogP contribution in [0.2, 0.25) is 0 Å². The third-order valence-electron chi connectivity index (χ3n) is 3.36. The van der Waals surface area contributed by atoms with Gasteiger partial charge in [-0.05, 0) is 37.0 Å². The van der Waals surface area contributed by atoms with Crippen molar-refractivity contribution in [3.8, 4) is 0 Å². The quantitative estimate of drug-likeness (QED) is 0.821. The molecule has 2 amide bonds. The third-order valence-corrected chi connectivity index (χ3v) is 3.36. The Morgan fingerprint density at radius 2 is 2.21 bits per heavy atom. The summed E-state index contributed by atoms with van der Waals surface area (Å²) in [5.74, 6) is 0.533. The van der Waals surface area contributed by atoms with Gasteiger partial charge in [0.15, 0.2) is 0 Å². The standard InChI is InChI=1S/C14H21N3O2/c1-17(10-11-5-7-19-8-6-11)14(18)16-13-4-2-3-12(15)9-13/h2-4,9,11H,5-8,10,15H2,1H3,(H,16,18). The summed E-state index contributed by atoms with van der Waals surface area (Å²) < 4.78 is 5.32. The minimum atomic E-state index is -0.0999. The largest absolute Gasteiger partial charge is 0.399 e. The number of carbonyl (C=O) groups excluding carboxylic acids is 1. The van der Waals surface area contributed by atoms with Gasteiger partial charge in [-0.2, -0.15) is 0 Å². The molecule has 0 aliphatic carbocycles. The predicted octanol–water partition coefficient (Wildman–Crippen LogP) is 2.16. The fourth-order valence-corrected chi connectivity index (χ4v) is 2.23. The van der Waals surface area contributed by atoms with Crippen LogP contribution in [0.4, 0.5) is 16.2 Å². The Hall–Kier alpha value is -1.75. The van der Waals surface area contributed by atoms with Crippen LogP contribution in [0.3, 0.4) is 0 Å². The van der Waals surface area contributed by atoms with E-state index < -0.39 is 0 Å². The molecule has 1 saturated heterocycles. The van der Waals surface area contributed by atoms with Crippen LogP contribution in [-0.4, -0.2) is 37.7 Å². The number of ether oxygens (including phenoxy) is 1. The highest BCUT2D eigenvalue weighted by Crippen LogP contribution is 2.17. The number of hydrogen-bond acceptors (Lipinski definition) is 3. The summed E-state index contributed by atoms with van der Waals surface area (Å²) in [5.41, 5.74) is 7.05. The van der Waals surface area contributed by atoms with Crippen molar-refractivity contribution in [2.75, 3.05) is 37.9 Å². The molecule has 0 aromatic heterocycles. The summed E-state index contributed by atoms with van der Waals surface area (Å²) in [4.78, 5) is 13.8. The molecular weight excluding hydrogens is 242 g/mol. The van der Waals surface area contributed by atoms with Crippen molar-refractivity contribution in [1.82, 2.24) is 4.90 Å². The molecule has 2 rings (SSSR count). The SMILES string of the molecule is CN(CC1CCOCC1)C(=O)Nc1cccc(N)c1. The van der Waals surface area contributed by atoms with Crippen molar-refractivity contribution in [2.24, 2.45) is 5.92 Å². The van der Waals surface area contributed by atoms with Gasteiger partial charge in [-0.25, -0.2) is 4.79 Å². The molecule has 1 aromatic rings. The van der Waals surface area contributed by atoms with Crippen molar-refractivity contribution in [1.29, 1.82) is 0 Å². The minimum absolute atomic E-state index is 0.0999. The normalized spacial score (nSPS) is 16.1. The van der Waals surface area contributed by atoms with Crippen molar-refractivity contribution < 1.29 is 9.53 Å². The maximum absolute atomic E-state index is 12.0. The lowest BCUT2D eigenvalue weighted by Crippen LogP contribution is -2.36. The summed E-state index contributed by atoms with van der Waals surface area (Å²) in [7, 11) is 1.82. The van der Waals surface area contributed by atoms with E-state index in [9.17, 15) is 4.79 Å². The number of benzene rings is 1. The molecule has 0 saturated carbocycles. The fourth-order valence-electron chi connectivity index (χ4n) is 2.23. The van der Waals surface area contributed by atoms with Gasteiger partial charge >= 0.3 is 6.03 Å². The molecule has 3 N–H and O–H groups in total. The van der Waals surface area contributed by atoms with Gasteiger partial charge in [0.25, 0.3) is 0 Å². The number of rotatable bonds is 3. The topological polar surface area (TPSA) is 67.6 Å². The van der Waals surface area contributed by atoms with E-state index in [1.165, 1.54) is 0 Å². The number of anilines is 2. The number of urea groups is 1. The summed E-state index contributed by atoms with van der Waals surface area (Å²) in [6.07, 6.45) is 2.05. The number of nitrogen functional groups attached to an aromatic ring is 1.